The third kappa shape index (κ3) is 3.80. The predicted molar refractivity (Wildman–Crippen MR) is 152 cm³/mol. The molecule has 0 saturated carbocycles. The zero-order valence-electron chi connectivity index (χ0n) is 23.5. The van der Waals surface area contributed by atoms with Gasteiger partial charge in [0.25, 0.3) is 0 Å². The van der Waals surface area contributed by atoms with E-state index in [1.54, 1.807) is 16.9 Å². The molecule has 0 aromatic heterocycles. The van der Waals surface area contributed by atoms with Crippen molar-refractivity contribution < 1.29 is 19.1 Å². The number of nitrogens with zero attached hydrogens (tertiary/aromatic N) is 3. The number of fused-ring (bicyclic) bond motifs is 2. The monoisotopic (exact) mass is 560 g/mol. The first-order valence-corrected chi connectivity index (χ1v) is 13.9. The molecule has 9 heteroatoms. The van der Waals surface area contributed by atoms with Crippen LogP contribution in [0.2, 0.25) is 5.02 Å². The Hall–Kier alpha value is -3.62. The van der Waals surface area contributed by atoms with Crippen molar-refractivity contribution in [3.63, 3.8) is 0 Å². The Bertz CT molecular complexity index is 1500. The number of aryl methyl sites for hydroxylation is 1. The summed E-state index contributed by atoms with van der Waals surface area (Å²) in [7, 11) is 1.58. The summed E-state index contributed by atoms with van der Waals surface area (Å²) in [5.74, 6) is 0.924. The summed E-state index contributed by atoms with van der Waals surface area (Å²) in [5, 5.41) is 3.63. The van der Waals surface area contributed by atoms with Gasteiger partial charge in [0.15, 0.2) is 0 Å². The van der Waals surface area contributed by atoms with Crippen LogP contribution in [0.4, 0.5) is 4.79 Å². The number of nitrogens with one attached hydrogen (secondary N) is 1. The first kappa shape index (κ1) is 26.6. The molecule has 0 radical (unpaired) electrons. The summed E-state index contributed by atoms with van der Waals surface area (Å²) in [6.07, 6.45) is 1.76. The molecule has 3 aliphatic heterocycles. The normalized spacial score (nSPS) is 29.2. The number of ether oxygens (including phenoxy) is 2. The number of carbonyl (C=O) groups excluding carboxylic acids is 2. The fourth-order valence-electron chi connectivity index (χ4n) is 6.26. The van der Waals surface area contributed by atoms with Crippen molar-refractivity contribution in [3.8, 4) is 0 Å². The molecule has 2 unspecified atom stereocenters. The maximum Gasteiger partial charge on any atom is 0.330 e. The van der Waals surface area contributed by atoms with Gasteiger partial charge in [-0.2, -0.15) is 0 Å². The van der Waals surface area contributed by atoms with Gasteiger partial charge in [-0.1, -0.05) is 53.6 Å². The Balaban J connectivity index is 1.63. The van der Waals surface area contributed by atoms with Crippen LogP contribution in [0.1, 0.15) is 56.5 Å². The van der Waals surface area contributed by atoms with Crippen molar-refractivity contribution in [2.24, 2.45) is 10.4 Å². The topological polar surface area (TPSA) is 83.5 Å². The van der Waals surface area contributed by atoms with Gasteiger partial charge in [-0.05, 0) is 64.0 Å². The average Bonchev–Trinajstić information content (AvgIpc) is 3.32. The summed E-state index contributed by atoms with van der Waals surface area (Å²) in [6, 6.07) is 14.6. The van der Waals surface area contributed by atoms with Gasteiger partial charge < -0.3 is 14.8 Å². The van der Waals surface area contributed by atoms with E-state index in [0.717, 1.165) is 16.7 Å². The Kier molecular flexibility index (Phi) is 6.12. The molecule has 40 heavy (non-hydrogen) atoms. The Labute approximate surface area is 239 Å². The standard InChI is InChI=1S/C31H33ClN4O4/c1-17(2)40-22-15-30(4,39-6)26-27-31(22,5)28-34-24(19-9-7-18(3)8-10-19)25(20-11-13-21(32)14-12-20)36(28)29(38)35(27)16-23(37)33-26/h7-15,17,24-25H,16H2,1-6H3,(H,33,37)/t24-,25+,30?,31?/m1/s1. The van der Waals surface area contributed by atoms with Crippen molar-refractivity contribution in [1.82, 2.24) is 15.1 Å². The highest BCUT2D eigenvalue weighted by atomic mass is 35.5. The minimum atomic E-state index is -1.01. The number of rotatable bonds is 5. The van der Waals surface area contributed by atoms with Crippen LogP contribution in [0, 0.1) is 12.3 Å². The lowest BCUT2D eigenvalue weighted by Crippen LogP contribution is -2.66. The highest BCUT2D eigenvalue weighted by Gasteiger charge is 2.63. The first-order valence-electron chi connectivity index (χ1n) is 13.5. The Morgan fingerprint density at radius 1 is 1.05 bits per heavy atom. The van der Waals surface area contributed by atoms with E-state index >= 15 is 0 Å². The lowest BCUT2D eigenvalue weighted by atomic mass is 9.71. The largest absolute Gasteiger partial charge is 0.494 e. The Morgan fingerprint density at radius 3 is 2.33 bits per heavy atom. The van der Waals surface area contributed by atoms with Crippen LogP contribution in [0.15, 0.2) is 76.8 Å². The second kappa shape index (κ2) is 9.21. The minimum absolute atomic E-state index is 0.117. The molecule has 0 spiro atoms. The van der Waals surface area contributed by atoms with Gasteiger partial charge in [-0.15, -0.1) is 0 Å². The van der Waals surface area contributed by atoms with Gasteiger partial charge in [0, 0.05) is 12.1 Å². The molecule has 0 bridgehead atoms. The molecule has 208 valence electrons. The molecule has 1 N–H and O–H groups in total. The molecule has 2 aromatic rings. The smallest absolute Gasteiger partial charge is 0.330 e. The molecule has 2 aromatic carbocycles. The van der Waals surface area contributed by atoms with Crippen LogP contribution < -0.4 is 5.32 Å². The number of methoxy groups -OCH3 is 1. The van der Waals surface area contributed by atoms with Gasteiger partial charge in [-0.3, -0.25) is 19.6 Å². The number of aliphatic imine (C=N–C) groups is 1. The number of amides is 3. The molecule has 4 aliphatic rings. The summed E-state index contributed by atoms with van der Waals surface area (Å²) in [4.78, 5) is 36.2. The van der Waals surface area contributed by atoms with Crippen molar-refractivity contribution in [2.45, 2.75) is 58.4 Å². The van der Waals surface area contributed by atoms with Gasteiger partial charge in [-0.25, -0.2) is 4.79 Å². The molecule has 1 aliphatic carbocycles. The summed E-state index contributed by atoms with van der Waals surface area (Å²) in [6.45, 7) is 9.74. The fraction of sp³-hybridized carbons (Fsp3) is 0.387. The van der Waals surface area contributed by atoms with E-state index in [4.69, 9.17) is 26.1 Å². The molecule has 3 heterocycles. The number of amidine groups is 1. The number of hydrogen-bond acceptors (Lipinski definition) is 5. The van der Waals surface area contributed by atoms with E-state index in [1.165, 1.54) is 0 Å². The maximum absolute atomic E-state index is 14.5. The lowest BCUT2D eigenvalue weighted by Gasteiger charge is -2.54. The van der Waals surface area contributed by atoms with E-state index in [1.807, 2.05) is 65.0 Å². The highest BCUT2D eigenvalue weighted by Crippen LogP contribution is 2.57. The SMILES string of the molecule is COC1(C)C=C(OC(C)C)C2(C)C3=N[C@H](c4ccc(C)cc4)[C@H](c4ccc(Cl)cc4)N3C(=O)N3CC(=O)NC1=C32. The molecular weight excluding hydrogens is 528 g/mol. The summed E-state index contributed by atoms with van der Waals surface area (Å²) in [5.41, 5.74) is 2.20. The molecular formula is C31H33ClN4O4. The summed E-state index contributed by atoms with van der Waals surface area (Å²) >= 11 is 6.26. The van der Waals surface area contributed by atoms with E-state index < -0.39 is 17.1 Å². The van der Waals surface area contributed by atoms with Gasteiger partial charge in [0.2, 0.25) is 5.91 Å². The third-order valence-electron chi connectivity index (χ3n) is 8.31. The zero-order valence-corrected chi connectivity index (χ0v) is 24.2. The van der Waals surface area contributed by atoms with E-state index in [2.05, 4.69) is 29.6 Å². The highest BCUT2D eigenvalue weighted by molar-refractivity contribution is 6.30. The van der Waals surface area contributed by atoms with Crippen LogP contribution in [-0.4, -0.2) is 52.9 Å². The zero-order chi connectivity index (χ0) is 28.6. The van der Waals surface area contributed by atoms with Crippen molar-refractivity contribution in [2.75, 3.05) is 13.7 Å². The van der Waals surface area contributed by atoms with Crippen LogP contribution in [-0.2, 0) is 14.3 Å². The average molecular weight is 561 g/mol. The minimum Gasteiger partial charge on any atom is -0.494 e. The van der Waals surface area contributed by atoms with Crippen LogP contribution in [0.25, 0.3) is 0 Å². The van der Waals surface area contributed by atoms with E-state index in [0.29, 0.717) is 28.0 Å². The third-order valence-corrected chi connectivity index (χ3v) is 8.56. The quantitative estimate of drug-likeness (QED) is 0.512. The van der Waals surface area contributed by atoms with Gasteiger partial charge in [0.05, 0.1) is 23.5 Å². The molecule has 4 atom stereocenters. The lowest BCUT2D eigenvalue weighted by molar-refractivity contribution is -0.123. The van der Waals surface area contributed by atoms with Crippen molar-refractivity contribution in [3.05, 3.63) is 93.5 Å². The molecule has 1 saturated heterocycles. The van der Waals surface area contributed by atoms with Crippen LogP contribution in [0.5, 0.6) is 0 Å². The maximum atomic E-state index is 14.5. The molecule has 1 fully saturated rings. The molecule has 6 rings (SSSR count). The second-order valence-corrected chi connectivity index (χ2v) is 11.9. The number of carbonyl (C=O) groups is 2. The second-order valence-electron chi connectivity index (χ2n) is 11.4. The van der Waals surface area contributed by atoms with Crippen LogP contribution in [0.3, 0.4) is 0 Å². The first-order chi connectivity index (χ1) is 19.0. The van der Waals surface area contributed by atoms with Crippen LogP contribution >= 0.6 is 11.6 Å². The van der Waals surface area contributed by atoms with E-state index in [9.17, 15) is 9.59 Å². The molecule has 8 nitrogen and oxygen atoms in total. The van der Waals surface area contributed by atoms with Crippen molar-refractivity contribution in [1.29, 1.82) is 0 Å². The number of halogens is 1. The Morgan fingerprint density at radius 2 is 1.70 bits per heavy atom. The van der Waals surface area contributed by atoms with Crippen molar-refractivity contribution >= 4 is 29.4 Å². The molecule has 3 amide bonds. The van der Waals surface area contributed by atoms with Gasteiger partial charge in [0.1, 0.15) is 35.2 Å². The van der Waals surface area contributed by atoms with E-state index in [-0.39, 0.29) is 30.6 Å². The number of hydrogen-bond donors (Lipinski definition) is 1. The number of urea groups is 1. The summed E-state index contributed by atoms with van der Waals surface area (Å²) < 4.78 is 12.4. The predicted octanol–water partition coefficient (Wildman–Crippen LogP) is 5.66. The fourth-order valence-corrected chi connectivity index (χ4v) is 6.39. The number of benzene rings is 2. The van der Waals surface area contributed by atoms with Gasteiger partial charge >= 0.3 is 6.03 Å².